The summed E-state index contributed by atoms with van der Waals surface area (Å²) >= 11 is 0. The second-order valence-electron chi connectivity index (χ2n) is 6.25. The van der Waals surface area contributed by atoms with E-state index in [4.69, 9.17) is 14.0 Å². The molecule has 1 aliphatic heterocycles. The Balaban J connectivity index is 1.65. The number of methoxy groups -OCH3 is 1. The summed E-state index contributed by atoms with van der Waals surface area (Å²) in [4.78, 5) is 6.68. The van der Waals surface area contributed by atoms with Gasteiger partial charge in [0, 0.05) is 25.6 Å². The number of rotatable bonds is 5. The van der Waals surface area contributed by atoms with E-state index in [1.54, 1.807) is 12.1 Å². The van der Waals surface area contributed by atoms with E-state index < -0.39 is 0 Å². The van der Waals surface area contributed by atoms with E-state index in [9.17, 15) is 5.11 Å². The van der Waals surface area contributed by atoms with E-state index >= 15 is 0 Å². The van der Waals surface area contributed by atoms with E-state index in [0.717, 1.165) is 12.1 Å². The molecule has 0 spiro atoms. The molecule has 2 aromatic rings. The summed E-state index contributed by atoms with van der Waals surface area (Å²) in [5.74, 6) is 2.06. The lowest BCUT2D eigenvalue weighted by molar-refractivity contribution is -0.0380. The molecular formula is C17H23N3O4. The molecule has 2 heterocycles. The van der Waals surface area contributed by atoms with Gasteiger partial charge in [-0.1, -0.05) is 25.1 Å². The molecule has 1 unspecified atom stereocenters. The van der Waals surface area contributed by atoms with Crippen LogP contribution in [0, 0.1) is 0 Å². The van der Waals surface area contributed by atoms with Crippen molar-refractivity contribution in [2.75, 3.05) is 26.8 Å². The number of morpholine rings is 1. The van der Waals surface area contributed by atoms with Crippen molar-refractivity contribution in [1.29, 1.82) is 0 Å². The molecule has 0 saturated carbocycles. The first-order chi connectivity index (χ1) is 11.6. The molecule has 130 valence electrons. The SMILES string of the molecule is COc1ccc(CN2CCOC(c3noc(C(C)C)n3)C2)cc1O. The van der Waals surface area contributed by atoms with Crippen molar-refractivity contribution in [1.82, 2.24) is 15.0 Å². The van der Waals surface area contributed by atoms with Crippen LogP contribution in [0.25, 0.3) is 0 Å². The number of phenolic OH excluding ortho intramolecular Hbond substituents is 1. The van der Waals surface area contributed by atoms with Gasteiger partial charge in [0.05, 0.1) is 13.7 Å². The van der Waals surface area contributed by atoms with Crippen LogP contribution in [0.4, 0.5) is 0 Å². The van der Waals surface area contributed by atoms with Crippen molar-refractivity contribution in [2.45, 2.75) is 32.4 Å². The van der Waals surface area contributed by atoms with E-state index in [-0.39, 0.29) is 17.8 Å². The third-order valence-electron chi connectivity index (χ3n) is 4.04. The van der Waals surface area contributed by atoms with Crippen molar-refractivity contribution in [3.05, 3.63) is 35.5 Å². The first kappa shape index (κ1) is 16.7. The molecule has 7 nitrogen and oxygen atoms in total. The zero-order valence-electron chi connectivity index (χ0n) is 14.2. The average Bonchev–Trinajstić information content (AvgIpc) is 3.06. The van der Waals surface area contributed by atoms with Gasteiger partial charge in [-0.2, -0.15) is 4.98 Å². The molecule has 0 radical (unpaired) electrons. The minimum atomic E-state index is -0.193. The molecule has 1 saturated heterocycles. The van der Waals surface area contributed by atoms with Gasteiger partial charge in [0.15, 0.2) is 11.5 Å². The van der Waals surface area contributed by atoms with Gasteiger partial charge < -0.3 is 19.1 Å². The lowest BCUT2D eigenvalue weighted by Crippen LogP contribution is -2.38. The smallest absolute Gasteiger partial charge is 0.229 e. The highest BCUT2D eigenvalue weighted by atomic mass is 16.5. The molecular weight excluding hydrogens is 310 g/mol. The second-order valence-corrected chi connectivity index (χ2v) is 6.25. The molecule has 3 rings (SSSR count). The van der Waals surface area contributed by atoms with E-state index in [2.05, 4.69) is 15.0 Å². The van der Waals surface area contributed by atoms with Crippen molar-refractivity contribution >= 4 is 0 Å². The maximum Gasteiger partial charge on any atom is 0.229 e. The fourth-order valence-electron chi connectivity index (χ4n) is 2.71. The Kier molecular flexibility index (Phi) is 5.01. The number of benzene rings is 1. The Labute approximate surface area is 141 Å². The van der Waals surface area contributed by atoms with Gasteiger partial charge in [-0.3, -0.25) is 4.90 Å². The fourth-order valence-corrected chi connectivity index (χ4v) is 2.71. The van der Waals surface area contributed by atoms with Gasteiger partial charge in [-0.05, 0) is 17.7 Å². The predicted molar refractivity (Wildman–Crippen MR) is 87.0 cm³/mol. The van der Waals surface area contributed by atoms with Gasteiger partial charge in [0.2, 0.25) is 11.7 Å². The summed E-state index contributed by atoms with van der Waals surface area (Å²) in [6.07, 6.45) is -0.193. The van der Waals surface area contributed by atoms with Crippen LogP contribution in [0.3, 0.4) is 0 Å². The van der Waals surface area contributed by atoms with E-state index in [1.807, 2.05) is 19.9 Å². The molecule has 7 heteroatoms. The molecule has 1 aromatic carbocycles. The van der Waals surface area contributed by atoms with Crippen molar-refractivity contribution in [3.63, 3.8) is 0 Å². The molecule has 0 bridgehead atoms. The number of nitrogens with zero attached hydrogens (tertiary/aromatic N) is 3. The number of phenols is 1. The standard InChI is InChI=1S/C17H23N3O4/c1-11(2)17-18-16(19-24-17)15-10-20(6-7-23-15)9-12-4-5-14(22-3)13(21)8-12/h4-5,8,11,15,21H,6-7,9-10H2,1-3H3. The molecule has 1 N–H and O–H groups in total. The number of ether oxygens (including phenoxy) is 2. The highest BCUT2D eigenvalue weighted by Gasteiger charge is 2.26. The summed E-state index contributed by atoms with van der Waals surface area (Å²) in [7, 11) is 1.54. The molecule has 1 aliphatic rings. The molecule has 1 fully saturated rings. The third-order valence-corrected chi connectivity index (χ3v) is 4.04. The highest BCUT2D eigenvalue weighted by molar-refractivity contribution is 5.41. The Morgan fingerprint density at radius 3 is 2.92 bits per heavy atom. The van der Waals surface area contributed by atoms with Crippen molar-refractivity contribution in [3.8, 4) is 11.5 Å². The zero-order valence-corrected chi connectivity index (χ0v) is 14.2. The average molecular weight is 333 g/mol. The van der Waals surface area contributed by atoms with Crippen LogP contribution in [0.2, 0.25) is 0 Å². The van der Waals surface area contributed by atoms with Gasteiger partial charge in [-0.15, -0.1) is 0 Å². The fraction of sp³-hybridized carbons (Fsp3) is 0.529. The minimum Gasteiger partial charge on any atom is -0.504 e. The molecule has 1 aromatic heterocycles. The first-order valence-electron chi connectivity index (χ1n) is 8.10. The number of aromatic nitrogens is 2. The first-order valence-corrected chi connectivity index (χ1v) is 8.10. The third kappa shape index (κ3) is 3.68. The van der Waals surface area contributed by atoms with Crippen molar-refractivity contribution < 1.29 is 19.1 Å². The largest absolute Gasteiger partial charge is 0.504 e. The summed E-state index contributed by atoms with van der Waals surface area (Å²) in [5.41, 5.74) is 1.02. The zero-order chi connectivity index (χ0) is 17.1. The number of aromatic hydroxyl groups is 1. The van der Waals surface area contributed by atoms with Gasteiger partial charge in [-0.25, -0.2) is 0 Å². The highest BCUT2D eigenvalue weighted by Crippen LogP contribution is 2.28. The Hall–Kier alpha value is -2.12. The van der Waals surface area contributed by atoms with Gasteiger partial charge in [0.1, 0.15) is 6.10 Å². The Bertz CT molecular complexity index is 686. The summed E-state index contributed by atoms with van der Waals surface area (Å²) in [6.45, 7) is 6.86. The maximum absolute atomic E-state index is 9.90. The van der Waals surface area contributed by atoms with Crippen LogP contribution < -0.4 is 4.74 Å². The van der Waals surface area contributed by atoms with Crippen LogP contribution >= 0.6 is 0 Å². The van der Waals surface area contributed by atoms with E-state index in [1.165, 1.54) is 7.11 Å². The quantitative estimate of drug-likeness (QED) is 0.900. The monoisotopic (exact) mass is 333 g/mol. The normalized spacial score (nSPS) is 18.9. The van der Waals surface area contributed by atoms with Crippen LogP contribution in [-0.4, -0.2) is 47.0 Å². The molecule has 0 aliphatic carbocycles. The molecule has 24 heavy (non-hydrogen) atoms. The van der Waals surface area contributed by atoms with E-state index in [0.29, 0.717) is 37.2 Å². The molecule has 1 atom stereocenters. The van der Waals surface area contributed by atoms with Crippen LogP contribution in [-0.2, 0) is 11.3 Å². The van der Waals surface area contributed by atoms with Crippen LogP contribution in [0.15, 0.2) is 22.7 Å². The Morgan fingerprint density at radius 2 is 2.25 bits per heavy atom. The second kappa shape index (κ2) is 7.19. The van der Waals surface area contributed by atoms with Crippen LogP contribution in [0.5, 0.6) is 11.5 Å². The molecule has 0 amide bonds. The lowest BCUT2D eigenvalue weighted by Gasteiger charge is -2.31. The number of hydrogen-bond acceptors (Lipinski definition) is 7. The number of hydrogen-bond donors (Lipinski definition) is 1. The predicted octanol–water partition coefficient (Wildman–Crippen LogP) is 2.48. The summed E-state index contributed by atoms with van der Waals surface area (Å²) in [6, 6.07) is 5.46. The maximum atomic E-state index is 9.90. The van der Waals surface area contributed by atoms with Crippen molar-refractivity contribution in [2.24, 2.45) is 0 Å². The topological polar surface area (TPSA) is 80.9 Å². The van der Waals surface area contributed by atoms with Gasteiger partial charge in [0.25, 0.3) is 0 Å². The minimum absolute atomic E-state index is 0.152. The Morgan fingerprint density at radius 1 is 1.42 bits per heavy atom. The van der Waals surface area contributed by atoms with Gasteiger partial charge >= 0.3 is 0 Å². The van der Waals surface area contributed by atoms with Crippen LogP contribution in [0.1, 0.15) is 43.1 Å². The summed E-state index contributed by atoms with van der Waals surface area (Å²) in [5, 5.41) is 14.0. The lowest BCUT2D eigenvalue weighted by atomic mass is 10.1. The summed E-state index contributed by atoms with van der Waals surface area (Å²) < 4.78 is 16.1.